The fraction of sp³-hybridized carbons (Fsp3) is 0.171. The second-order valence-electron chi connectivity index (χ2n) is 12.1. The van der Waals surface area contributed by atoms with E-state index >= 15 is 0 Å². The SMILES string of the molecule is CC1C(c2ccc3c(c2)C=CCC3)=Nc2cc(C3C=CC=CC3)ccc2C1c1ccc(-c2cccc3cccnc23)cc1. The summed E-state index contributed by atoms with van der Waals surface area (Å²) in [6.45, 7) is 2.35. The van der Waals surface area contributed by atoms with Crippen LogP contribution in [0.5, 0.6) is 0 Å². The molecule has 3 aliphatic rings. The van der Waals surface area contributed by atoms with Gasteiger partial charge in [0.05, 0.1) is 16.9 Å². The number of aromatic nitrogens is 1. The number of aliphatic imine (C=N–C) groups is 1. The molecule has 5 aromatic rings. The lowest BCUT2D eigenvalue weighted by atomic mass is 9.74. The Hall–Kier alpha value is -4.82. The van der Waals surface area contributed by atoms with Gasteiger partial charge in [0.25, 0.3) is 0 Å². The zero-order chi connectivity index (χ0) is 28.8. The van der Waals surface area contributed by atoms with Crippen molar-refractivity contribution in [1.29, 1.82) is 0 Å². The van der Waals surface area contributed by atoms with Crippen LogP contribution in [-0.2, 0) is 6.42 Å². The highest BCUT2D eigenvalue weighted by molar-refractivity contribution is 6.06. The summed E-state index contributed by atoms with van der Waals surface area (Å²) in [5.74, 6) is 0.838. The summed E-state index contributed by atoms with van der Waals surface area (Å²) in [5.41, 5.74) is 13.7. The second kappa shape index (κ2) is 10.8. The summed E-state index contributed by atoms with van der Waals surface area (Å²) in [6.07, 6.45) is 18.6. The second-order valence-corrected chi connectivity index (χ2v) is 12.1. The highest BCUT2D eigenvalue weighted by Gasteiger charge is 2.33. The smallest absolute Gasteiger partial charge is 0.0780 e. The van der Waals surface area contributed by atoms with E-state index in [1.165, 1.54) is 55.6 Å². The van der Waals surface area contributed by atoms with Gasteiger partial charge in [-0.05, 0) is 76.4 Å². The van der Waals surface area contributed by atoms with Gasteiger partial charge in [-0.2, -0.15) is 0 Å². The number of benzene rings is 4. The van der Waals surface area contributed by atoms with E-state index in [1.807, 2.05) is 12.3 Å². The van der Waals surface area contributed by atoms with Gasteiger partial charge in [-0.15, -0.1) is 0 Å². The molecule has 1 aliphatic heterocycles. The van der Waals surface area contributed by atoms with E-state index in [4.69, 9.17) is 9.98 Å². The van der Waals surface area contributed by atoms with Crippen molar-refractivity contribution in [2.24, 2.45) is 10.9 Å². The summed E-state index contributed by atoms with van der Waals surface area (Å²) in [6, 6.07) is 33.7. The Morgan fingerprint density at radius 2 is 1.63 bits per heavy atom. The average Bonchev–Trinajstić information content (AvgIpc) is 3.08. The molecule has 43 heavy (non-hydrogen) atoms. The molecular weight excluding hydrogens is 520 g/mol. The predicted octanol–water partition coefficient (Wildman–Crippen LogP) is 10.4. The average molecular weight is 555 g/mol. The van der Waals surface area contributed by atoms with Crippen LogP contribution in [0.3, 0.4) is 0 Å². The Balaban J connectivity index is 1.23. The molecule has 208 valence electrons. The van der Waals surface area contributed by atoms with Crippen molar-refractivity contribution in [2.75, 3.05) is 0 Å². The number of hydrogen-bond acceptors (Lipinski definition) is 2. The van der Waals surface area contributed by atoms with E-state index < -0.39 is 0 Å². The summed E-state index contributed by atoms with van der Waals surface area (Å²) < 4.78 is 0. The van der Waals surface area contributed by atoms with Crippen LogP contribution in [0.15, 0.2) is 133 Å². The molecule has 0 radical (unpaired) electrons. The van der Waals surface area contributed by atoms with Gasteiger partial charge >= 0.3 is 0 Å². The molecule has 2 heteroatoms. The maximum absolute atomic E-state index is 5.42. The lowest BCUT2D eigenvalue weighted by molar-refractivity contribution is 0.649. The van der Waals surface area contributed by atoms with Gasteiger partial charge in [0.2, 0.25) is 0 Å². The van der Waals surface area contributed by atoms with Crippen molar-refractivity contribution < 1.29 is 0 Å². The van der Waals surface area contributed by atoms with Gasteiger partial charge in [0.15, 0.2) is 0 Å². The van der Waals surface area contributed by atoms with Crippen molar-refractivity contribution in [3.8, 4) is 11.1 Å². The van der Waals surface area contributed by atoms with Gasteiger partial charge in [-0.3, -0.25) is 9.98 Å². The third-order valence-corrected chi connectivity index (χ3v) is 9.50. The summed E-state index contributed by atoms with van der Waals surface area (Å²) in [4.78, 5) is 10.1. The molecule has 0 amide bonds. The fourth-order valence-corrected chi connectivity index (χ4v) is 7.23. The molecule has 3 unspecified atom stereocenters. The van der Waals surface area contributed by atoms with Crippen LogP contribution in [0, 0.1) is 5.92 Å². The molecule has 8 rings (SSSR count). The number of para-hydroxylation sites is 1. The van der Waals surface area contributed by atoms with E-state index in [0.29, 0.717) is 5.92 Å². The monoisotopic (exact) mass is 554 g/mol. The standard InChI is InChI=1S/C41H34N2/c1-27-39(31-19-17-30(18-20-31)36-15-7-13-32-14-8-24-42-41(32)36)37-23-22-34(28-9-3-2-4-10-28)26-38(37)43-40(27)35-21-16-29-11-5-6-12-33(29)25-35/h2-4,6-9,12-28,39H,5,10-11H2,1H3. The van der Waals surface area contributed by atoms with E-state index in [2.05, 4.69) is 128 Å². The Bertz CT molecular complexity index is 1970. The van der Waals surface area contributed by atoms with Gasteiger partial charge in [0, 0.05) is 34.9 Å². The van der Waals surface area contributed by atoms with Crippen LogP contribution < -0.4 is 0 Å². The Morgan fingerprint density at radius 3 is 2.51 bits per heavy atom. The van der Waals surface area contributed by atoms with Gasteiger partial charge in [-0.25, -0.2) is 0 Å². The maximum atomic E-state index is 5.42. The third-order valence-electron chi connectivity index (χ3n) is 9.50. The van der Waals surface area contributed by atoms with E-state index in [9.17, 15) is 0 Å². The zero-order valence-electron chi connectivity index (χ0n) is 24.4. The molecule has 2 aliphatic carbocycles. The Labute approximate surface area is 253 Å². The lowest BCUT2D eigenvalue weighted by Crippen LogP contribution is -2.25. The highest BCUT2D eigenvalue weighted by atomic mass is 14.8. The van der Waals surface area contributed by atoms with Gasteiger partial charge in [0.1, 0.15) is 0 Å². The van der Waals surface area contributed by atoms with Crippen molar-refractivity contribution in [3.63, 3.8) is 0 Å². The number of pyridine rings is 1. The quantitative estimate of drug-likeness (QED) is 0.217. The first kappa shape index (κ1) is 25.9. The van der Waals surface area contributed by atoms with Crippen LogP contribution in [0.4, 0.5) is 5.69 Å². The van der Waals surface area contributed by atoms with Crippen LogP contribution in [0.1, 0.15) is 65.0 Å². The van der Waals surface area contributed by atoms with Crippen molar-refractivity contribution >= 4 is 28.4 Å². The van der Waals surface area contributed by atoms with Crippen molar-refractivity contribution in [2.45, 2.75) is 38.0 Å². The first-order valence-corrected chi connectivity index (χ1v) is 15.5. The van der Waals surface area contributed by atoms with E-state index in [1.54, 1.807) is 0 Å². The molecule has 0 saturated heterocycles. The van der Waals surface area contributed by atoms with Crippen LogP contribution >= 0.6 is 0 Å². The van der Waals surface area contributed by atoms with Gasteiger partial charge < -0.3 is 0 Å². The minimum absolute atomic E-state index is 0.213. The molecule has 0 saturated carbocycles. The van der Waals surface area contributed by atoms with Crippen LogP contribution in [-0.4, -0.2) is 10.7 Å². The molecule has 4 aromatic carbocycles. The van der Waals surface area contributed by atoms with Crippen molar-refractivity contribution in [3.05, 3.63) is 161 Å². The molecule has 1 aromatic heterocycles. The first-order valence-electron chi connectivity index (χ1n) is 15.5. The summed E-state index contributed by atoms with van der Waals surface area (Å²) in [5, 5.41) is 1.17. The molecule has 0 fully saturated rings. The minimum atomic E-state index is 0.213. The summed E-state index contributed by atoms with van der Waals surface area (Å²) >= 11 is 0. The number of hydrogen-bond donors (Lipinski definition) is 0. The third kappa shape index (κ3) is 4.68. The van der Waals surface area contributed by atoms with E-state index in [-0.39, 0.29) is 11.8 Å². The largest absolute Gasteiger partial charge is 0.256 e. The number of fused-ring (bicyclic) bond motifs is 3. The predicted molar refractivity (Wildman–Crippen MR) is 180 cm³/mol. The van der Waals surface area contributed by atoms with Crippen LogP contribution in [0.25, 0.3) is 28.1 Å². The van der Waals surface area contributed by atoms with Gasteiger partial charge in [-0.1, -0.05) is 116 Å². The fourth-order valence-electron chi connectivity index (χ4n) is 7.23. The Morgan fingerprint density at radius 1 is 0.767 bits per heavy atom. The number of nitrogens with zero attached hydrogens (tertiary/aromatic N) is 2. The summed E-state index contributed by atoms with van der Waals surface area (Å²) in [7, 11) is 0. The number of aryl methyl sites for hydroxylation is 1. The lowest BCUT2D eigenvalue weighted by Gasteiger charge is -2.33. The minimum Gasteiger partial charge on any atom is -0.256 e. The molecule has 0 spiro atoms. The molecule has 0 bridgehead atoms. The van der Waals surface area contributed by atoms with E-state index in [0.717, 1.165) is 30.5 Å². The van der Waals surface area contributed by atoms with Crippen molar-refractivity contribution in [1.82, 2.24) is 4.98 Å². The topological polar surface area (TPSA) is 25.2 Å². The molecular formula is C41H34N2. The molecule has 0 N–H and O–H groups in total. The highest BCUT2D eigenvalue weighted by Crippen LogP contribution is 2.45. The number of rotatable bonds is 4. The normalized spacial score (nSPS) is 20.5. The van der Waals surface area contributed by atoms with Crippen LogP contribution in [0.2, 0.25) is 0 Å². The first-order chi connectivity index (χ1) is 21.2. The zero-order valence-corrected chi connectivity index (χ0v) is 24.4. The molecule has 2 nitrogen and oxygen atoms in total. The molecule has 2 heterocycles. The molecule has 3 atom stereocenters. The Kier molecular flexibility index (Phi) is 6.48. The maximum Gasteiger partial charge on any atom is 0.0780 e. The number of allylic oxidation sites excluding steroid dienone is 5.